The van der Waals surface area contributed by atoms with Gasteiger partial charge in [0.1, 0.15) is 0 Å². The summed E-state index contributed by atoms with van der Waals surface area (Å²) < 4.78 is 5.44. The SMILES string of the molecule is O=C(NC(C1CCCC1)C1CCCC1)N1CCOC(CO)C1. The summed E-state index contributed by atoms with van der Waals surface area (Å²) in [6.45, 7) is 1.64. The summed E-state index contributed by atoms with van der Waals surface area (Å²) in [6, 6.07) is 0.401. The Balaban J connectivity index is 1.60. The summed E-state index contributed by atoms with van der Waals surface area (Å²) >= 11 is 0. The number of hydrogen-bond acceptors (Lipinski definition) is 3. The fourth-order valence-corrected chi connectivity index (χ4v) is 4.50. The number of nitrogens with one attached hydrogen (secondary N) is 1. The van der Waals surface area contributed by atoms with E-state index in [4.69, 9.17) is 4.74 Å². The van der Waals surface area contributed by atoms with E-state index in [2.05, 4.69) is 5.32 Å². The third-order valence-electron chi connectivity index (χ3n) is 5.74. The Kier molecular flexibility index (Phi) is 5.58. The fourth-order valence-electron chi connectivity index (χ4n) is 4.50. The molecule has 1 heterocycles. The Bertz CT molecular complexity index is 349. The normalized spacial score (nSPS) is 27.7. The minimum absolute atomic E-state index is 0.0154. The highest BCUT2D eigenvalue weighted by Gasteiger charge is 2.35. The zero-order valence-electron chi connectivity index (χ0n) is 13.5. The first-order valence-corrected chi connectivity index (χ1v) is 9.06. The van der Waals surface area contributed by atoms with E-state index in [1.165, 1.54) is 51.4 Å². The lowest BCUT2D eigenvalue weighted by Gasteiger charge is -2.36. The number of hydrogen-bond donors (Lipinski definition) is 2. The Labute approximate surface area is 133 Å². The van der Waals surface area contributed by atoms with Gasteiger partial charge < -0.3 is 20.1 Å². The summed E-state index contributed by atoms with van der Waals surface area (Å²) in [5, 5.41) is 12.6. The first-order chi connectivity index (χ1) is 10.8. The summed E-state index contributed by atoms with van der Waals surface area (Å²) in [5.74, 6) is 1.34. The number of rotatable bonds is 4. The van der Waals surface area contributed by atoms with E-state index in [1.54, 1.807) is 0 Å². The van der Waals surface area contributed by atoms with Gasteiger partial charge in [0, 0.05) is 12.6 Å². The lowest BCUT2D eigenvalue weighted by atomic mass is 9.86. The van der Waals surface area contributed by atoms with Crippen LogP contribution in [0.4, 0.5) is 4.79 Å². The van der Waals surface area contributed by atoms with E-state index in [1.807, 2.05) is 4.90 Å². The van der Waals surface area contributed by atoms with Crippen LogP contribution in [-0.4, -0.2) is 54.5 Å². The molecule has 5 nitrogen and oxygen atoms in total. The minimum Gasteiger partial charge on any atom is -0.394 e. The highest BCUT2D eigenvalue weighted by Crippen LogP contribution is 2.37. The van der Waals surface area contributed by atoms with Crippen molar-refractivity contribution in [2.75, 3.05) is 26.3 Å². The molecule has 1 atom stereocenters. The molecule has 2 N–H and O–H groups in total. The molecule has 2 aliphatic carbocycles. The van der Waals surface area contributed by atoms with E-state index in [-0.39, 0.29) is 18.7 Å². The highest BCUT2D eigenvalue weighted by molar-refractivity contribution is 5.74. The van der Waals surface area contributed by atoms with Gasteiger partial charge >= 0.3 is 6.03 Å². The molecule has 0 bridgehead atoms. The van der Waals surface area contributed by atoms with Gasteiger partial charge in [0.2, 0.25) is 0 Å². The molecule has 22 heavy (non-hydrogen) atoms. The molecular formula is C17H30N2O3. The van der Waals surface area contributed by atoms with Gasteiger partial charge in [0.25, 0.3) is 0 Å². The number of aliphatic hydroxyl groups excluding tert-OH is 1. The number of carbonyl (C=O) groups excluding carboxylic acids is 1. The molecule has 0 aromatic heterocycles. The van der Waals surface area contributed by atoms with Crippen molar-refractivity contribution < 1.29 is 14.6 Å². The van der Waals surface area contributed by atoms with E-state index in [0.29, 0.717) is 37.6 Å². The molecule has 2 saturated carbocycles. The molecule has 3 aliphatic rings. The standard InChI is InChI=1S/C17H30N2O3/c20-12-15-11-19(9-10-22-15)17(21)18-16(13-5-1-2-6-13)14-7-3-4-8-14/h13-16,20H,1-12H2,(H,18,21). The van der Waals surface area contributed by atoms with Crippen LogP contribution in [0.15, 0.2) is 0 Å². The van der Waals surface area contributed by atoms with E-state index >= 15 is 0 Å². The van der Waals surface area contributed by atoms with Crippen LogP contribution in [0.3, 0.4) is 0 Å². The van der Waals surface area contributed by atoms with E-state index in [0.717, 1.165) is 0 Å². The molecule has 0 aromatic carbocycles. The van der Waals surface area contributed by atoms with Crippen molar-refractivity contribution in [3.63, 3.8) is 0 Å². The molecule has 5 heteroatoms. The first kappa shape index (κ1) is 16.1. The molecule has 3 rings (SSSR count). The van der Waals surface area contributed by atoms with Gasteiger partial charge in [-0.15, -0.1) is 0 Å². The summed E-state index contributed by atoms with van der Waals surface area (Å²) in [4.78, 5) is 14.5. The first-order valence-electron chi connectivity index (χ1n) is 9.06. The second-order valence-electron chi connectivity index (χ2n) is 7.19. The van der Waals surface area contributed by atoms with Crippen molar-refractivity contribution >= 4 is 6.03 Å². The number of urea groups is 1. The number of amides is 2. The Morgan fingerprint density at radius 2 is 1.73 bits per heavy atom. The predicted molar refractivity (Wildman–Crippen MR) is 84.6 cm³/mol. The van der Waals surface area contributed by atoms with Gasteiger partial charge in [-0.3, -0.25) is 0 Å². The van der Waals surface area contributed by atoms with Crippen LogP contribution < -0.4 is 5.32 Å². The molecule has 1 aliphatic heterocycles. The molecule has 126 valence electrons. The summed E-state index contributed by atoms with van der Waals surface area (Å²) in [5.41, 5.74) is 0. The van der Waals surface area contributed by atoms with Gasteiger partial charge in [-0.25, -0.2) is 4.79 Å². The van der Waals surface area contributed by atoms with Crippen LogP contribution in [0, 0.1) is 11.8 Å². The van der Waals surface area contributed by atoms with Crippen molar-refractivity contribution in [2.45, 2.75) is 63.5 Å². The molecule has 0 radical (unpaired) electrons. The Morgan fingerprint density at radius 1 is 1.14 bits per heavy atom. The lowest BCUT2D eigenvalue weighted by molar-refractivity contribution is -0.0408. The van der Waals surface area contributed by atoms with Gasteiger partial charge in [-0.1, -0.05) is 25.7 Å². The molecule has 0 aromatic rings. The number of carbonyl (C=O) groups is 1. The van der Waals surface area contributed by atoms with Gasteiger partial charge in [0.05, 0.1) is 25.9 Å². The summed E-state index contributed by atoms with van der Waals surface area (Å²) in [6.07, 6.45) is 10.1. The van der Waals surface area contributed by atoms with Crippen LogP contribution in [-0.2, 0) is 4.74 Å². The monoisotopic (exact) mass is 310 g/mol. The van der Waals surface area contributed by atoms with Crippen LogP contribution in [0.1, 0.15) is 51.4 Å². The number of nitrogens with zero attached hydrogens (tertiary/aromatic N) is 1. The topological polar surface area (TPSA) is 61.8 Å². The van der Waals surface area contributed by atoms with E-state index in [9.17, 15) is 9.90 Å². The zero-order chi connectivity index (χ0) is 15.4. The molecule has 0 spiro atoms. The second-order valence-corrected chi connectivity index (χ2v) is 7.19. The quantitative estimate of drug-likeness (QED) is 0.836. The van der Waals surface area contributed by atoms with Crippen molar-refractivity contribution in [1.82, 2.24) is 10.2 Å². The minimum atomic E-state index is -0.226. The number of aliphatic hydroxyl groups is 1. The molecule has 1 saturated heterocycles. The third kappa shape index (κ3) is 3.74. The predicted octanol–water partition coefficient (Wildman–Crippen LogP) is 2.14. The third-order valence-corrected chi connectivity index (χ3v) is 5.74. The van der Waals surface area contributed by atoms with Crippen LogP contribution in [0.2, 0.25) is 0 Å². The zero-order valence-corrected chi connectivity index (χ0v) is 13.5. The largest absolute Gasteiger partial charge is 0.394 e. The number of ether oxygens (including phenoxy) is 1. The summed E-state index contributed by atoms with van der Waals surface area (Å²) in [7, 11) is 0. The average Bonchev–Trinajstić information content (AvgIpc) is 3.26. The number of morpholine rings is 1. The maximum absolute atomic E-state index is 12.7. The fraction of sp³-hybridized carbons (Fsp3) is 0.941. The van der Waals surface area contributed by atoms with Crippen molar-refractivity contribution in [3.05, 3.63) is 0 Å². The molecular weight excluding hydrogens is 280 g/mol. The van der Waals surface area contributed by atoms with E-state index < -0.39 is 0 Å². The van der Waals surface area contributed by atoms with Crippen molar-refractivity contribution in [2.24, 2.45) is 11.8 Å². The second kappa shape index (κ2) is 7.64. The lowest BCUT2D eigenvalue weighted by Crippen LogP contribution is -2.54. The van der Waals surface area contributed by atoms with Gasteiger partial charge in [-0.2, -0.15) is 0 Å². The van der Waals surface area contributed by atoms with Crippen LogP contribution >= 0.6 is 0 Å². The van der Waals surface area contributed by atoms with Gasteiger partial charge in [-0.05, 0) is 37.5 Å². The Hall–Kier alpha value is -0.810. The highest BCUT2D eigenvalue weighted by atomic mass is 16.5. The molecule has 2 amide bonds. The van der Waals surface area contributed by atoms with Gasteiger partial charge in [0.15, 0.2) is 0 Å². The van der Waals surface area contributed by atoms with Crippen molar-refractivity contribution in [3.8, 4) is 0 Å². The average molecular weight is 310 g/mol. The van der Waals surface area contributed by atoms with Crippen LogP contribution in [0.5, 0.6) is 0 Å². The molecule has 1 unspecified atom stereocenters. The Morgan fingerprint density at radius 3 is 2.27 bits per heavy atom. The smallest absolute Gasteiger partial charge is 0.317 e. The van der Waals surface area contributed by atoms with Crippen LogP contribution in [0.25, 0.3) is 0 Å². The maximum Gasteiger partial charge on any atom is 0.317 e. The van der Waals surface area contributed by atoms with Crippen molar-refractivity contribution in [1.29, 1.82) is 0 Å². The molecule has 3 fully saturated rings. The maximum atomic E-state index is 12.7.